The number of aromatic nitrogens is 2. The van der Waals surface area contributed by atoms with Gasteiger partial charge < -0.3 is 14.6 Å². The molecule has 0 radical (unpaired) electrons. The van der Waals surface area contributed by atoms with Gasteiger partial charge in [-0.3, -0.25) is 0 Å². The van der Waals surface area contributed by atoms with Crippen molar-refractivity contribution in [2.75, 3.05) is 13.1 Å². The molecule has 0 aliphatic carbocycles. The predicted molar refractivity (Wildman–Crippen MR) is 70.7 cm³/mol. The number of carbonyl (C=O) groups excluding carboxylic acids is 1. The summed E-state index contributed by atoms with van der Waals surface area (Å²) in [5, 5.41) is 1.30. The first-order valence-corrected chi connectivity index (χ1v) is 6.96. The van der Waals surface area contributed by atoms with E-state index >= 15 is 0 Å². The quantitative estimate of drug-likeness (QED) is 0.896. The Hall–Kier alpha value is -1.17. The lowest BCUT2D eigenvalue weighted by molar-refractivity contribution is 0.0295. The van der Waals surface area contributed by atoms with E-state index in [9.17, 15) is 4.79 Å². The first-order valence-electron chi connectivity index (χ1n) is 6.08. The summed E-state index contributed by atoms with van der Waals surface area (Å²) in [4.78, 5) is 20.9. The largest absolute Gasteiger partial charge is 0.444 e. The second kappa shape index (κ2) is 5.22. The maximum absolute atomic E-state index is 11.9. The van der Waals surface area contributed by atoms with E-state index in [-0.39, 0.29) is 6.09 Å². The number of nitrogens with zero attached hydrogens (tertiary/aromatic N) is 2. The molecular weight excluding hydrogens is 250 g/mol. The molecule has 1 fully saturated rings. The van der Waals surface area contributed by atoms with Crippen LogP contribution in [0.5, 0.6) is 0 Å². The average Bonchev–Trinajstić information content (AvgIpc) is 2.86. The Kier molecular flexibility index (Phi) is 3.85. The molecule has 2 heterocycles. The van der Waals surface area contributed by atoms with Gasteiger partial charge in [-0.05, 0) is 27.2 Å². The Morgan fingerprint density at radius 2 is 2.39 bits per heavy atom. The number of H-pyrrole nitrogens is 1. The molecule has 1 unspecified atom stereocenters. The lowest BCUT2D eigenvalue weighted by atomic mass is 10.2. The maximum atomic E-state index is 11.9. The lowest BCUT2D eigenvalue weighted by Crippen LogP contribution is -2.35. The third kappa shape index (κ3) is 3.66. The summed E-state index contributed by atoms with van der Waals surface area (Å²) in [6.45, 7) is 7.13. The van der Waals surface area contributed by atoms with Gasteiger partial charge in [0, 0.05) is 30.7 Å². The molecule has 18 heavy (non-hydrogen) atoms. The Morgan fingerprint density at radius 3 is 3.00 bits per heavy atom. The summed E-state index contributed by atoms with van der Waals surface area (Å²) in [6.07, 6.45) is 4.31. The summed E-state index contributed by atoms with van der Waals surface area (Å²) in [7, 11) is 0. The van der Waals surface area contributed by atoms with Gasteiger partial charge in [0.15, 0.2) is 5.16 Å². The molecule has 0 saturated carbocycles. The highest BCUT2D eigenvalue weighted by Gasteiger charge is 2.30. The van der Waals surface area contributed by atoms with Gasteiger partial charge >= 0.3 is 6.09 Å². The van der Waals surface area contributed by atoms with Crippen LogP contribution in [0.3, 0.4) is 0 Å². The minimum atomic E-state index is -0.427. The highest BCUT2D eigenvalue weighted by molar-refractivity contribution is 7.99. The summed E-state index contributed by atoms with van der Waals surface area (Å²) in [5.41, 5.74) is -0.427. The fourth-order valence-electron chi connectivity index (χ4n) is 1.79. The minimum absolute atomic E-state index is 0.218. The lowest BCUT2D eigenvalue weighted by Gasteiger charge is -2.24. The van der Waals surface area contributed by atoms with E-state index in [0.717, 1.165) is 24.7 Å². The van der Waals surface area contributed by atoms with Crippen molar-refractivity contribution in [1.82, 2.24) is 14.9 Å². The fraction of sp³-hybridized carbons (Fsp3) is 0.667. The predicted octanol–water partition coefficient (Wildman–Crippen LogP) is 2.51. The van der Waals surface area contributed by atoms with Crippen LogP contribution in [-0.2, 0) is 4.74 Å². The number of ether oxygens (including phenoxy) is 1. The van der Waals surface area contributed by atoms with Crippen molar-refractivity contribution >= 4 is 17.9 Å². The van der Waals surface area contributed by atoms with E-state index in [1.54, 1.807) is 22.9 Å². The van der Waals surface area contributed by atoms with Gasteiger partial charge in [0.2, 0.25) is 0 Å². The molecule has 0 spiro atoms. The van der Waals surface area contributed by atoms with Crippen LogP contribution < -0.4 is 0 Å². The highest BCUT2D eigenvalue weighted by Crippen LogP contribution is 2.28. The van der Waals surface area contributed by atoms with E-state index in [0.29, 0.717) is 5.25 Å². The van der Waals surface area contributed by atoms with Crippen molar-refractivity contribution in [3.05, 3.63) is 12.4 Å². The summed E-state index contributed by atoms with van der Waals surface area (Å²) < 4.78 is 5.36. The number of amides is 1. The van der Waals surface area contributed by atoms with Gasteiger partial charge in [0.25, 0.3) is 0 Å². The highest BCUT2D eigenvalue weighted by atomic mass is 32.2. The van der Waals surface area contributed by atoms with Gasteiger partial charge in [-0.1, -0.05) is 11.8 Å². The van der Waals surface area contributed by atoms with Gasteiger partial charge in [0.1, 0.15) is 5.60 Å². The molecule has 1 N–H and O–H groups in total. The third-order valence-electron chi connectivity index (χ3n) is 2.55. The van der Waals surface area contributed by atoms with Crippen molar-refractivity contribution < 1.29 is 9.53 Å². The first-order chi connectivity index (χ1) is 8.44. The smallest absolute Gasteiger partial charge is 0.410 e. The number of hydrogen-bond acceptors (Lipinski definition) is 4. The molecule has 1 saturated heterocycles. The van der Waals surface area contributed by atoms with Crippen LogP contribution >= 0.6 is 11.8 Å². The van der Waals surface area contributed by atoms with Crippen LogP contribution in [0.15, 0.2) is 17.6 Å². The number of rotatable bonds is 2. The van der Waals surface area contributed by atoms with Gasteiger partial charge in [-0.25, -0.2) is 9.78 Å². The van der Waals surface area contributed by atoms with E-state index < -0.39 is 5.60 Å². The molecule has 100 valence electrons. The summed E-state index contributed by atoms with van der Waals surface area (Å²) in [6, 6.07) is 0. The Morgan fingerprint density at radius 1 is 1.61 bits per heavy atom. The zero-order valence-electron chi connectivity index (χ0n) is 11.0. The summed E-state index contributed by atoms with van der Waals surface area (Å²) >= 11 is 1.68. The van der Waals surface area contributed by atoms with Crippen molar-refractivity contribution in [3.63, 3.8) is 0 Å². The zero-order valence-corrected chi connectivity index (χ0v) is 11.8. The van der Waals surface area contributed by atoms with Crippen LogP contribution in [0.4, 0.5) is 4.79 Å². The number of thioether (sulfide) groups is 1. The van der Waals surface area contributed by atoms with Crippen LogP contribution in [0.1, 0.15) is 27.2 Å². The number of hydrogen-bond donors (Lipinski definition) is 1. The molecule has 1 aromatic rings. The van der Waals surface area contributed by atoms with Gasteiger partial charge in [-0.15, -0.1) is 0 Å². The number of likely N-dealkylation sites (tertiary alicyclic amines) is 1. The number of imidazole rings is 1. The molecule has 5 nitrogen and oxygen atoms in total. The van der Waals surface area contributed by atoms with Crippen molar-refractivity contribution in [1.29, 1.82) is 0 Å². The fourth-order valence-corrected chi connectivity index (χ4v) is 2.84. The molecular formula is C12H19N3O2S. The molecule has 1 aliphatic rings. The first kappa shape index (κ1) is 13.3. The Balaban J connectivity index is 1.83. The Labute approximate surface area is 111 Å². The van der Waals surface area contributed by atoms with Gasteiger partial charge in [-0.2, -0.15) is 0 Å². The van der Waals surface area contributed by atoms with Crippen LogP contribution in [0.25, 0.3) is 0 Å². The van der Waals surface area contributed by atoms with Crippen molar-refractivity contribution in [2.24, 2.45) is 0 Å². The van der Waals surface area contributed by atoms with Crippen molar-refractivity contribution in [3.8, 4) is 0 Å². The van der Waals surface area contributed by atoms with Crippen LogP contribution in [0, 0.1) is 0 Å². The average molecular weight is 269 g/mol. The zero-order chi connectivity index (χ0) is 13.2. The van der Waals surface area contributed by atoms with Crippen LogP contribution in [0.2, 0.25) is 0 Å². The second-order valence-electron chi connectivity index (χ2n) is 5.35. The van der Waals surface area contributed by atoms with E-state index in [1.165, 1.54) is 0 Å². The summed E-state index contributed by atoms with van der Waals surface area (Å²) in [5.74, 6) is 0. The molecule has 2 rings (SSSR count). The van der Waals surface area contributed by atoms with E-state index in [4.69, 9.17) is 4.74 Å². The molecule has 1 aliphatic heterocycles. The molecule has 1 aromatic heterocycles. The van der Waals surface area contributed by atoms with E-state index in [2.05, 4.69) is 9.97 Å². The molecule has 6 heteroatoms. The van der Waals surface area contributed by atoms with Crippen LogP contribution in [-0.4, -0.2) is 44.9 Å². The normalized spacial score (nSPS) is 20.2. The van der Waals surface area contributed by atoms with Gasteiger partial charge in [0.05, 0.1) is 0 Å². The minimum Gasteiger partial charge on any atom is -0.444 e. The van der Waals surface area contributed by atoms with Crippen molar-refractivity contribution in [2.45, 2.75) is 43.2 Å². The monoisotopic (exact) mass is 269 g/mol. The molecule has 1 amide bonds. The molecule has 0 bridgehead atoms. The SMILES string of the molecule is CC(C)(C)OC(=O)N1CCC(Sc2ncc[nH]2)C1. The number of carbonyl (C=O) groups is 1. The number of aromatic amines is 1. The standard InChI is InChI=1S/C12H19N3O2S/c1-12(2,3)17-11(16)15-7-4-9(8-15)18-10-13-5-6-14-10/h5-6,9H,4,7-8H2,1-3H3,(H,13,14). The maximum Gasteiger partial charge on any atom is 0.410 e. The third-order valence-corrected chi connectivity index (χ3v) is 3.71. The second-order valence-corrected chi connectivity index (χ2v) is 6.64. The van der Waals surface area contributed by atoms with E-state index in [1.807, 2.05) is 27.0 Å². The molecule has 0 aromatic carbocycles. The number of nitrogens with one attached hydrogen (secondary N) is 1. The topological polar surface area (TPSA) is 58.2 Å². The Bertz CT molecular complexity index is 400. The molecule has 1 atom stereocenters.